The van der Waals surface area contributed by atoms with Gasteiger partial charge in [0.05, 0.1) is 5.69 Å². The lowest BCUT2D eigenvalue weighted by Crippen LogP contribution is -2.14. The summed E-state index contributed by atoms with van der Waals surface area (Å²) in [7, 11) is 0. The zero-order chi connectivity index (χ0) is 21.0. The summed E-state index contributed by atoms with van der Waals surface area (Å²) in [6.45, 7) is 11.9. The van der Waals surface area contributed by atoms with Gasteiger partial charge in [0.15, 0.2) is 11.5 Å². The minimum absolute atomic E-state index is 0.0964. The van der Waals surface area contributed by atoms with Crippen LogP contribution in [0.1, 0.15) is 56.3 Å². The highest BCUT2D eigenvalue weighted by Gasteiger charge is 2.20. The molecule has 1 aromatic carbocycles. The number of aromatic nitrogens is 5. The van der Waals surface area contributed by atoms with Crippen molar-refractivity contribution in [3.05, 3.63) is 59.5 Å². The average Bonchev–Trinajstić information content (AvgIpc) is 3.30. The molecule has 3 heterocycles. The zero-order valence-corrected chi connectivity index (χ0v) is 17.9. The molecule has 0 spiro atoms. The van der Waals surface area contributed by atoms with E-state index < -0.39 is 0 Å². The quantitative estimate of drug-likeness (QED) is 0.497. The van der Waals surface area contributed by atoms with Crippen LogP contribution in [0.3, 0.4) is 0 Å². The van der Waals surface area contributed by atoms with Crippen LogP contribution in [0.2, 0.25) is 0 Å². The Labute approximate surface area is 171 Å². The molecule has 0 bridgehead atoms. The Balaban J connectivity index is 0.00000117. The number of benzene rings is 1. The van der Waals surface area contributed by atoms with E-state index in [2.05, 4.69) is 34.5 Å². The summed E-state index contributed by atoms with van der Waals surface area (Å²) >= 11 is 0. The van der Waals surface area contributed by atoms with E-state index in [4.69, 9.17) is 14.6 Å². The van der Waals surface area contributed by atoms with Crippen LogP contribution in [0, 0.1) is 20.8 Å². The van der Waals surface area contributed by atoms with Gasteiger partial charge in [-0.15, -0.1) is 0 Å². The van der Waals surface area contributed by atoms with Crippen LogP contribution in [0.15, 0.2) is 40.9 Å². The first-order valence-electron chi connectivity index (χ1n) is 10.1. The summed E-state index contributed by atoms with van der Waals surface area (Å²) < 4.78 is 7.22. The predicted octanol–water partition coefficient (Wildman–Crippen LogP) is 5.29. The molecule has 0 fully saturated rings. The van der Waals surface area contributed by atoms with Crippen molar-refractivity contribution in [1.29, 1.82) is 0 Å². The highest BCUT2D eigenvalue weighted by Crippen LogP contribution is 2.30. The van der Waals surface area contributed by atoms with Crippen LogP contribution in [0.25, 0.3) is 16.8 Å². The number of hydrogen-bond acceptors (Lipinski definition) is 6. The molecule has 7 heteroatoms. The molecule has 0 radical (unpaired) electrons. The van der Waals surface area contributed by atoms with Gasteiger partial charge in [0.2, 0.25) is 5.89 Å². The highest BCUT2D eigenvalue weighted by molar-refractivity contribution is 5.80. The third-order valence-corrected chi connectivity index (χ3v) is 4.53. The number of nitrogens with zero attached hydrogens (tertiary/aromatic N) is 5. The SMILES string of the molecule is CC.CCC(Nc1cc(C)nc2c(-c3ccccc3)c(C)nn12)c1nc(C)no1. The lowest BCUT2D eigenvalue weighted by atomic mass is 10.1. The molecule has 152 valence electrons. The van der Waals surface area contributed by atoms with Gasteiger partial charge in [-0.3, -0.25) is 0 Å². The van der Waals surface area contributed by atoms with Crippen LogP contribution in [-0.4, -0.2) is 24.7 Å². The van der Waals surface area contributed by atoms with Gasteiger partial charge in [0.25, 0.3) is 0 Å². The van der Waals surface area contributed by atoms with E-state index in [1.807, 2.05) is 63.4 Å². The molecule has 4 aromatic rings. The fourth-order valence-electron chi connectivity index (χ4n) is 3.26. The Hall–Kier alpha value is -3.22. The van der Waals surface area contributed by atoms with Gasteiger partial charge in [-0.1, -0.05) is 56.3 Å². The van der Waals surface area contributed by atoms with Crippen molar-refractivity contribution in [2.75, 3.05) is 5.32 Å². The van der Waals surface area contributed by atoms with Crippen molar-refractivity contribution in [2.24, 2.45) is 0 Å². The Bertz CT molecular complexity index is 1080. The number of rotatable bonds is 5. The Morgan fingerprint density at radius 2 is 1.79 bits per heavy atom. The number of aryl methyl sites for hydroxylation is 3. The second-order valence-electron chi connectivity index (χ2n) is 6.63. The number of anilines is 1. The number of hydrogen-bond donors (Lipinski definition) is 1. The molecule has 29 heavy (non-hydrogen) atoms. The first kappa shape index (κ1) is 20.5. The smallest absolute Gasteiger partial charge is 0.249 e. The molecule has 0 aliphatic rings. The molecule has 0 amide bonds. The monoisotopic (exact) mass is 392 g/mol. The van der Waals surface area contributed by atoms with Gasteiger partial charge < -0.3 is 9.84 Å². The Morgan fingerprint density at radius 1 is 1.07 bits per heavy atom. The van der Waals surface area contributed by atoms with Crippen molar-refractivity contribution < 1.29 is 4.52 Å². The fraction of sp³-hybridized carbons (Fsp3) is 0.364. The molecule has 7 nitrogen and oxygen atoms in total. The summed E-state index contributed by atoms with van der Waals surface area (Å²) in [5.41, 5.74) is 4.83. The van der Waals surface area contributed by atoms with E-state index in [1.54, 1.807) is 0 Å². The third-order valence-electron chi connectivity index (χ3n) is 4.53. The van der Waals surface area contributed by atoms with Gasteiger partial charge in [0, 0.05) is 17.3 Å². The summed E-state index contributed by atoms with van der Waals surface area (Å²) in [6, 6.07) is 12.1. The normalized spacial score (nSPS) is 11.8. The lowest BCUT2D eigenvalue weighted by Gasteiger charge is -2.15. The van der Waals surface area contributed by atoms with E-state index in [9.17, 15) is 0 Å². The topological polar surface area (TPSA) is 81.1 Å². The first-order chi connectivity index (χ1) is 14.1. The van der Waals surface area contributed by atoms with Gasteiger partial charge >= 0.3 is 0 Å². The van der Waals surface area contributed by atoms with E-state index in [0.717, 1.165) is 40.4 Å². The van der Waals surface area contributed by atoms with Crippen molar-refractivity contribution >= 4 is 11.5 Å². The van der Waals surface area contributed by atoms with Crippen LogP contribution >= 0.6 is 0 Å². The fourth-order valence-corrected chi connectivity index (χ4v) is 3.26. The van der Waals surface area contributed by atoms with Crippen molar-refractivity contribution in [2.45, 2.75) is 54.0 Å². The van der Waals surface area contributed by atoms with Gasteiger partial charge in [-0.2, -0.15) is 14.6 Å². The maximum atomic E-state index is 5.36. The molecule has 0 aliphatic carbocycles. The molecule has 3 aromatic heterocycles. The molecular weight excluding hydrogens is 364 g/mol. The standard InChI is InChI=1S/C20H22N6O.C2H6/c1-5-16(20-22-14(4)25-27-20)23-17-11-12(2)21-19-18(13(3)24-26(17)19)15-9-7-6-8-10-15;1-2/h6-11,16,23H,5H2,1-4H3;1-2H3. The number of nitrogens with one attached hydrogen (secondary N) is 1. The maximum absolute atomic E-state index is 5.36. The summed E-state index contributed by atoms with van der Waals surface area (Å²) in [4.78, 5) is 9.12. The van der Waals surface area contributed by atoms with E-state index >= 15 is 0 Å². The highest BCUT2D eigenvalue weighted by atomic mass is 16.5. The van der Waals surface area contributed by atoms with Gasteiger partial charge in [-0.25, -0.2) is 4.98 Å². The molecule has 1 N–H and O–H groups in total. The van der Waals surface area contributed by atoms with E-state index in [-0.39, 0.29) is 6.04 Å². The van der Waals surface area contributed by atoms with Crippen molar-refractivity contribution in [1.82, 2.24) is 24.7 Å². The largest absolute Gasteiger partial charge is 0.358 e. The molecular formula is C22H28N6O. The lowest BCUT2D eigenvalue weighted by molar-refractivity contribution is 0.356. The minimum atomic E-state index is -0.0964. The second kappa shape index (κ2) is 8.86. The predicted molar refractivity (Wildman–Crippen MR) is 115 cm³/mol. The average molecular weight is 393 g/mol. The van der Waals surface area contributed by atoms with Crippen LogP contribution in [0.5, 0.6) is 0 Å². The first-order valence-corrected chi connectivity index (χ1v) is 10.1. The molecule has 1 unspecified atom stereocenters. The minimum Gasteiger partial charge on any atom is -0.358 e. The van der Waals surface area contributed by atoms with Gasteiger partial charge in [-0.05, 0) is 32.8 Å². The summed E-state index contributed by atoms with van der Waals surface area (Å²) in [5.74, 6) is 2.05. The molecule has 0 saturated carbocycles. The molecule has 0 saturated heterocycles. The third kappa shape index (κ3) is 4.13. The van der Waals surface area contributed by atoms with Crippen LogP contribution in [0.4, 0.5) is 5.82 Å². The van der Waals surface area contributed by atoms with Crippen molar-refractivity contribution in [3.8, 4) is 11.1 Å². The Kier molecular flexibility index (Phi) is 6.26. The van der Waals surface area contributed by atoms with Crippen molar-refractivity contribution in [3.63, 3.8) is 0 Å². The maximum Gasteiger partial charge on any atom is 0.249 e. The molecule has 4 rings (SSSR count). The number of fused-ring (bicyclic) bond motifs is 1. The van der Waals surface area contributed by atoms with Gasteiger partial charge in [0.1, 0.15) is 11.9 Å². The van der Waals surface area contributed by atoms with Crippen LogP contribution < -0.4 is 5.32 Å². The zero-order valence-electron chi connectivity index (χ0n) is 17.9. The molecule has 1 atom stereocenters. The van der Waals surface area contributed by atoms with E-state index in [0.29, 0.717) is 11.7 Å². The van der Waals surface area contributed by atoms with Crippen LogP contribution in [-0.2, 0) is 0 Å². The van der Waals surface area contributed by atoms with E-state index in [1.165, 1.54) is 0 Å². The Morgan fingerprint density at radius 3 is 2.41 bits per heavy atom. The second-order valence-corrected chi connectivity index (χ2v) is 6.63. The summed E-state index contributed by atoms with van der Waals surface area (Å²) in [6.07, 6.45) is 0.802. The summed E-state index contributed by atoms with van der Waals surface area (Å²) in [5, 5.41) is 12.1. The molecule has 0 aliphatic heterocycles.